The fraction of sp³-hybridized carbons (Fsp3) is 0.370. The SMILES string of the molecule is CC(C)(C)c1c([O-])c([O-])c(C(C)(C)C)c(Cl)c1Cl.Cc1cccc(C)c1N=Cc1cnccn1.[Ni+2]. The van der Waals surface area contributed by atoms with Crippen LogP contribution in [0.25, 0.3) is 0 Å². The van der Waals surface area contributed by atoms with E-state index in [2.05, 4.69) is 40.9 Å². The van der Waals surface area contributed by atoms with Crippen LogP contribution in [0.3, 0.4) is 0 Å². The molecule has 1 aromatic heterocycles. The van der Waals surface area contributed by atoms with Gasteiger partial charge in [-0.3, -0.25) is 15.0 Å². The zero-order valence-electron chi connectivity index (χ0n) is 21.3. The molecule has 0 bridgehead atoms. The summed E-state index contributed by atoms with van der Waals surface area (Å²) in [5.41, 5.74) is 3.69. The quantitative estimate of drug-likeness (QED) is 0.263. The van der Waals surface area contributed by atoms with Gasteiger partial charge in [0, 0.05) is 12.4 Å². The smallest absolute Gasteiger partial charge is 0.873 e. The Morgan fingerprint density at radius 2 is 1.29 bits per heavy atom. The van der Waals surface area contributed by atoms with E-state index in [1.54, 1.807) is 24.8 Å². The van der Waals surface area contributed by atoms with Gasteiger partial charge in [-0.2, -0.15) is 0 Å². The molecule has 0 saturated heterocycles. The zero-order valence-corrected chi connectivity index (χ0v) is 23.8. The maximum absolute atomic E-state index is 12.2. The van der Waals surface area contributed by atoms with Gasteiger partial charge < -0.3 is 10.2 Å². The van der Waals surface area contributed by atoms with Crippen LogP contribution in [-0.4, -0.2) is 16.2 Å². The summed E-state index contributed by atoms with van der Waals surface area (Å²) in [7, 11) is 0. The predicted octanol–water partition coefficient (Wildman–Crippen LogP) is 6.58. The predicted molar refractivity (Wildman–Crippen MR) is 138 cm³/mol. The topological polar surface area (TPSA) is 84.3 Å². The first kappa shape index (κ1) is 30.9. The largest absolute Gasteiger partial charge is 2.00 e. The van der Waals surface area contributed by atoms with Gasteiger partial charge in [-0.05, 0) is 46.9 Å². The van der Waals surface area contributed by atoms with Gasteiger partial charge in [-0.1, -0.05) is 82.9 Å². The number of nitrogens with zero attached hydrogens (tertiary/aromatic N) is 3. The molecule has 0 aliphatic heterocycles. The van der Waals surface area contributed by atoms with E-state index < -0.39 is 22.3 Å². The molecule has 0 aliphatic carbocycles. The van der Waals surface area contributed by atoms with E-state index >= 15 is 0 Å². The van der Waals surface area contributed by atoms with Crippen LogP contribution in [0.4, 0.5) is 5.69 Å². The number of aromatic nitrogens is 2. The van der Waals surface area contributed by atoms with Crippen LogP contribution in [0.1, 0.15) is 69.5 Å². The minimum absolute atomic E-state index is 0. The van der Waals surface area contributed by atoms with Crippen molar-refractivity contribution in [3.63, 3.8) is 0 Å². The maximum atomic E-state index is 12.2. The van der Waals surface area contributed by atoms with E-state index in [4.69, 9.17) is 23.2 Å². The molecule has 0 atom stereocenters. The van der Waals surface area contributed by atoms with Crippen molar-refractivity contribution in [2.75, 3.05) is 0 Å². The molecule has 3 rings (SSSR count). The second-order valence-corrected chi connectivity index (χ2v) is 10.9. The standard InChI is InChI=1S/C14H20Cl2O2.C13H13N3.Ni/c1-13(2,3)7-9(15)10(16)8(14(4,5)6)12(18)11(7)17;1-10-4-3-5-11(2)13(10)16-9-12-8-14-6-7-15-12;/h17-18H,1-6H3;3-9H,1-2H3;/q;;+2/p-2. The third-order valence-electron chi connectivity index (χ3n) is 5.14. The van der Waals surface area contributed by atoms with Gasteiger partial charge in [-0.25, -0.2) is 0 Å². The molecule has 0 unspecified atom stereocenters. The summed E-state index contributed by atoms with van der Waals surface area (Å²) in [6.07, 6.45) is 6.74. The number of aliphatic imine (C=N–C) groups is 1. The van der Waals surface area contributed by atoms with Crippen LogP contribution in [0.2, 0.25) is 10.0 Å². The van der Waals surface area contributed by atoms with Crippen LogP contribution in [0.15, 0.2) is 41.8 Å². The number of aryl methyl sites for hydroxylation is 2. The fourth-order valence-electron chi connectivity index (χ4n) is 3.50. The first-order valence-corrected chi connectivity index (χ1v) is 11.7. The first-order valence-electron chi connectivity index (χ1n) is 10.9. The summed E-state index contributed by atoms with van der Waals surface area (Å²) < 4.78 is 0. The Bertz CT molecular complexity index is 1090. The molecule has 0 N–H and O–H groups in total. The summed E-state index contributed by atoms with van der Waals surface area (Å²) in [6.45, 7) is 15.1. The van der Waals surface area contributed by atoms with Crippen molar-refractivity contribution < 1.29 is 26.7 Å². The molecular weight excluding hydrogens is 528 g/mol. The van der Waals surface area contributed by atoms with Crippen LogP contribution >= 0.6 is 23.2 Å². The van der Waals surface area contributed by atoms with Crippen molar-refractivity contribution in [3.05, 3.63) is 74.8 Å². The number of benzene rings is 2. The number of halogens is 2. The maximum Gasteiger partial charge on any atom is 2.00 e. The van der Waals surface area contributed by atoms with Gasteiger partial charge in [0.2, 0.25) is 0 Å². The van der Waals surface area contributed by atoms with Gasteiger partial charge in [0.25, 0.3) is 0 Å². The second kappa shape index (κ2) is 12.2. The molecule has 2 aromatic carbocycles. The monoisotopic (exact) mass is 557 g/mol. The number of hydrogen-bond acceptors (Lipinski definition) is 5. The van der Waals surface area contributed by atoms with Gasteiger partial charge in [-0.15, -0.1) is 11.5 Å². The zero-order chi connectivity index (χ0) is 25.8. The molecule has 1 heterocycles. The molecule has 0 aliphatic rings. The number of rotatable bonds is 2. The molecular formula is C27H31Cl2N3NiO2. The van der Waals surface area contributed by atoms with Crippen molar-refractivity contribution in [3.8, 4) is 11.5 Å². The number of para-hydroxylation sites is 1. The molecule has 8 heteroatoms. The Morgan fingerprint density at radius 1 is 0.829 bits per heavy atom. The van der Waals surface area contributed by atoms with Crippen molar-refractivity contribution in [2.45, 2.75) is 66.2 Å². The molecule has 35 heavy (non-hydrogen) atoms. The van der Waals surface area contributed by atoms with Crippen LogP contribution < -0.4 is 10.2 Å². The van der Waals surface area contributed by atoms with E-state index in [1.807, 2.05) is 47.6 Å². The Morgan fingerprint density at radius 3 is 1.66 bits per heavy atom. The first-order chi connectivity index (χ1) is 15.7. The van der Waals surface area contributed by atoms with E-state index in [-0.39, 0.29) is 26.5 Å². The van der Waals surface area contributed by atoms with Crippen LogP contribution in [0.5, 0.6) is 11.5 Å². The minimum atomic E-state index is -0.540. The van der Waals surface area contributed by atoms with E-state index in [0.29, 0.717) is 11.1 Å². The molecule has 0 fully saturated rings. The second-order valence-electron chi connectivity index (χ2n) is 10.2. The third kappa shape index (κ3) is 7.67. The van der Waals surface area contributed by atoms with E-state index in [1.165, 1.54) is 11.1 Å². The average Bonchev–Trinajstić information content (AvgIpc) is 2.71. The Kier molecular flexibility index (Phi) is 10.8. The molecule has 0 spiro atoms. The average molecular weight is 559 g/mol. The summed E-state index contributed by atoms with van der Waals surface area (Å²) >= 11 is 12.4. The Labute approximate surface area is 228 Å². The van der Waals surface area contributed by atoms with Crippen molar-refractivity contribution in [2.24, 2.45) is 4.99 Å². The summed E-state index contributed by atoms with van der Waals surface area (Å²) in [4.78, 5) is 12.6. The van der Waals surface area contributed by atoms with Crippen LogP contribution in [-0.2, 0) is 27.3 Å². The van der Waals surface area contributed by atoms with E-state index in [9.17, 15) is 10.2 Å². The van der Waals surface area contributed by atoms with Gasteiger partial charge in [0.1, 0.15) is 0 Å². The normalized spacial score (nSPS) is 11.6. The molecule has 3 aromatic rings. The number of hydrogen-bond donors (Lipinski definition) is 0. The van der Waals surface area contributed by atoms with Crippen molar-refractivity contribution in [1.29, 1.82) is 0 Å². The van der Waals surface area contributed by atoms with Gasteiger partial charge >= 0.3 is 16.5 Å². The minimum Gasteiger partial charge on any atom is -0.873 e. The van der Waals surface area contributed by atoms with E-state index in [0.717, 1.165) is 11.4 Å². The summed E-state index contributed by atoms with van der Waals surface area (Å²) in [6, 6.07) is 6.14. The Hall–Kier alpha value is -2.14. The molecule has 0 amide bonds. The van der Waals surface area contributed by atoms with Crippen molar-refractivity contribution in [1.82, 2.24) is 9.97 Å². The molecule has 0 radical (unpaired) electrons. The van der Waals surface area contributed by atoms with Crippen LogP contribution in [0, 0.1) is 13.8 Å². The van der Waals surface area contributed by atoms with Gasteiger partial charge in [0.05, 0.1) is 33.8 Å². The third-order valence-corrected chi connectivity index (χ3v) is 5.99. The molecule has 5 nitrogen and oxygen atoms in total. The fourth-order valence-corrected chi connectivity index (χ4v) is 4.43. The molecule has 0 saturated carbocycles. The van der Waals surface area contributed by atoms with Crippen molar-refractivity contribution >= 4 is 35.1 Å². The molecule has 190 valence electrons. The summed E-state index contributed by atoms with van der Waals surface area (Å²) in [5.74, 6) is -1.08. The Balaban J connectivity index is 0.000000342. The van der Waals surface area contributed by atoms with Gasteiger partial charge in [0.15, 0.2) is 0 Å². The summed E-state index contributed by atoms with van der Waals surface area (Å²) in [5, 5.41) is 24.8.